The molecule has 2 aromatic carbocycles. The minimum atomic E-state index is 0.205. The lowest BCUT2D eigenvalue weighted by atomic mass is 9.98. The average molecular weight is 290 g/mol. The van der Waals surface area contributed by atoms with Gasteiger partial charge in [0.15, 0.2) is 0 Å². The number of ether oxygens (including phenoxy) is 1. The summed E-state index contributed by atoms with van der Waals surface area (Å²) >= 11 is 6.36. The third kappa shape index (κ3) is 3.53. The molecule has 0 bridgehead atoms. The highest BCUT2D eigenvalue weighted by molar-refractivity contribution is 6.31. The van der Waals surface area contributed by atoms with E-state index in [4.69, 9.17) is 16.3 Å². The van der Waals surface area contributed by atoms with Crippen LogP contribution in [0.5, 0.6) is 5.75 Å². The van der Waals surface area contributed by atoms with Gasteiger partial charge in [-0.15, -0.1) is 0 Å². The first-order valence-electron chi connectivity index (χ1n) is 6.70. The van der Waals surface area contributed by atoms with Crippen LogP contribution < -0.4 is 10.1 Å². The van der Waals surface area contributed by atoms with Crippen molar-refractivity contribution in [3.05, 3.63) is 64.2 Å². The second kappa shape index (κ2) is 6.78. The van der Waals surface area contributed by atoms with Crippen molar-refractivity contribution >= 4 is 11.6 Å². The number of hydrogen-bond donors (Lipinski definition) is 1. The molecule has 2 rings (SSSR count). The number of nitrogens with one attached hydrogen (secondary N) is 1. The molecule has 0 spiro atoms. The van der Waals surface area contributed by atoms with Crippen molar-refractivity contribution in [2.24, 2.45) is 0 Å². The number of benzene rings is 2. The predicted molar refractivity (Wildman–Crippen MR) is 84.7 cm³/mol. The topological polar surface area (TPSA) is 21.3 Å². The lowest BCUT2D eigenvalue weighted by Gasteiger charge is -2.18. The van der Waals surface area contributed by atoms with E-state index in [1.807, 2.05) is 32.2 Å². The highest BCUT2D eigenvalue weighted by Gasteiger charge is 2.13. The Labute approximate surface area is 125 Å². The molecule has 0 amide bonds. The fourth-order valence-electron chi connectivity index (χ4n) is 2.28. The van der Waals surface area contributed by atoms with Gasteiger partial charge < -0.3 is 10.1 Å². The van der Waals surface area contributed by atoms with E-state index >= 15 is 0 Å². The van der Waals surface area contributed by atoms with E-state index in [9.17, 15) is 0 Å². The first-order valence-corrected chi connectivity index (χ1v) is 7.08. The molecule has 0 aliphatic carbocycles. The van der Waals surface area contributed by atoms with Crippen LogP contribution in [-0.2, 0) is 6.42 Å². The molecule has 0 saturated heterocycles. The van der Waals surface area contributed by atoms with Gasteiger partial charge in [-0.1, -0.05) is 35.9 Å². The van der Waals surface area contributed by atoms with Gasteiger partial charge in [0.2, 0.25) is 0 Å². The van der Waals surface area contributed by atoms with Gasteiger partial charge >= 0.3 is 0 Å². The maximum Gasteiger partial charge on any atom is 0.118 e. The van der Waals surface area contributed by atoms with Crippen molar-refractivity contribution in [1.82, 2.24) is 5.32 Å². The monoisotopic (exact) mass is 289 g/mol. The minimum Gasteiger partial charge on any atom is -0.497 e. The molecule has 2 nitrogen and oxygen atoms in total. The summed E-state index contributed by atoms with van der Waals surface area (Å²) in [5.41, 5.74) is 3.57. The van der Waals surface area contributed by atoms with Crippen LogP contribution >= 0.6 is 11.6 Å². The Balaban J connectivity index is 2.19. The molecule has 1 N–H and O–H groups in total. The van der Waals surface area contributed by atoms with E-state index in [1.165, 1.54) is 11.1 Å². The maximum atomic E-state index is 6.36. The summed E-state index contributed by atoms with van der Waals surface area (Å²) < 4.78 is 5.18. The molecule has 0 aliphatic rings. The second-order valence-electron chi connectivity index (χ2n) is 4.92. The van der Waals surface area contributed by atoms with E-state index < -0.39 is 0 Å². The minimum absolute atomic E-state index is 0.205. The standard InChI is InChI=1S/C17H20ClNO/c1-12-4-9-15(16(18)10-12)17(19-2)11-13-5-7-14(20-3)8-6-13/h4-10,17,19H,11H2,1-3H3. The number of likely N-dealkylation sites (N-methyl/N-ethyl adjacent to an activating group) is 1. The summed E-state index contributed by atoms with van der Waals surface area (Å²) in [6, 6.07) is 14.6. The van der Waals surface area contributed by atoms with Gasteiger partial charge in [0.05, 0.1) is 7.11 Å². The molecule has 0 aliphatic heterocycles. The Bertz CT molecular complexity index is 566. The number of rotatable bonds is 5. The summed E-state index contributed by atoms with van der Waals surface area (Å²) in [6.07, 6.45) is 0.892. The van der Waals surface area contributed by atoms with Crippen molar-refractivity contribution in [1.29, 1.82) is 0 Å². The Morgan fingerprint density at radius 1 is 1.15 bits per heavy atom. The van der Waals surface area contributed by atoms with Gasteiger partial charge in [-0.25, -0.2) is 0 Å². The van der Waals surface area contributed by atoms with Crippen molar-refractivity contribution in [2.45, 2.75) is 19.4 Å². The fraction of sp³-hybridized carbons (Fsp3) is 0.294. The lowest BCUT2D eigenvalue weighted by molar-refractivity contribution is 0.414. The van der Waals surface area contributed by atoms with Crippen molar-refractivity contribution in [3.8, 4) is 5.75 Å². The number of halogens is 1. The maximum absolute atomic E-state index is 6.36. The van der Waals surface area contributed by atoms with E-state index in [-0.39, 0.29) is 6.04 Å². The molecule has 1 atom stereocenters. The normalized spacial score (nSPS) is 12.2. The summed E-state index contributed by atoms with van der Waals surface area (Å²) in [5.74, 6) is 0.878. The molecule has 20 heavy (non-hydrogen) atoms. The number of methoxy groups -OCH3 is 1. The number of aryl methyl sites for hydroxylation is 1. The van der Waals surface area contributed by atoms with E-state index in [0.29, 0.717) is 0 Å². The summed E-state index contributed by atoms with van der Waals surface area (Å²) in [7, 11) is 3.64. The fourth-order valence-corrected chi connectivity index (χ4v) is 2.65. The molecular weight excluding hydrogens is 270 g/mol. The third-order valence-corrected chi connectivity index (χ3v) is 3.81. The van der Waals surface area contributed by atoms with E-state index in [0.717, 1.165) is 22.8 Å². The van der Waals surface area contributed by atoms with Crippen LogP contribution in [0, 0.1) is 6.92 Å². The summed E-state index contributed by atoms with van der Waals surface area (Å²) in [4.78, 5) is 0. The van der Waals surface area contributed by atoms with Gasteiger partial charge in [-0.2, -0.15) is 0 Å². The zero-order chi connectivity index (χ0) is 14.5. The van der Waals surface area contributed by atoms with Crippen molar-refractivity contribution in [2.75, 3.05) is 14.2 Å². The molecule has 0 saturated carbocycles. The molecule has 0 radical (unpaired) electrons. The smallest absolute Gasteiger partial charge is 0.118 e. The first kappa shape index (κ1) is 14.9. The highest BCUT2D eigenvalue weighted by Crippen LogP contribution is 2.27. The SMILES string of the molecule is CNC(Cc1ccc(OC)cc1)c1ccc(C)cc1Cl. The van der Waals surface area contributed by atoms with Crippen LogP contribution in [0.1, 0.15) is 22.7 Å². The average Bonchev–Trinajstić information content (AvgIpc) is 2.46. The lowest BCUT2D eigenvalue weighted by Crippen LogP contribution is -2.19. The summed E-state index contributed by atoms with van der Waals surface area (Å²) in [6.45, 7) is 2.05. The van der Waals surface area contributed by atoms with Crippen LogP contribution in [-0.4, -0.2) is 14.2 Å². The Morgan fingerprint density at radius 2 is 1.85 bits per heavy atom. The zero-order valence-corrected chi connectivity index (χ0v) is 12.9. The van der Waals surface area contributed by atoms with Gasteiger partial charge in [0.25, 0.3) is 0 Å². The molecule has 106 valence electrons. The zero-order valence-electron chi connectivity index (χ0n) is 12.1. The Kier molecular flexibility index (Phi) is 5.05. The third-order valence-electron chi connectivity index (χ3n) is 3.48. The van der Waals surface area contributed by atoms with Gasteiger partial charge in [-0.3, -0.25) is 0 Å². The van der Waals surface area contributed by atoms with Crippen LogP contribution in [0.25, 0.3) is 0 Å². The molecule has 0 fully saturated rings. The van der Waals surface area contributed by atoms with Gasteiger partial charge in [-0.05, 0) is 55.3 Å². The Hall–Kier alpha value is -1.51. The first-order chi connectivity index (χ1) is 9.63. The summed E-state index contributed by atoms with van der Waals surface area (Å²) in [5, 5.41) is 4.16. The van der Waals surface area contributed by atoms with Crippen LogP contribution in [0.15, 0.2) is 42.5 Å². The Morgan fingerprint density at radius 3 is 2.40 bits per heavy atom. The molecular formula is C17H20ClNO. The predicted octanol–water partition coefficient (Wildman–Crippen LogP) is 4.16. The van der Waals surface area contributed by atoms with Crippen molar-refractivity contribution < 1.29 is 4.74 Å². The highest BCUT2D eigenvalue weighted by atomic mass is 35.5. The number of hydrogen-bond acceptors (Lipinski definition) is 2. The molecule has 1 unspecified atom stereocenters. The van der Waals surface area contributed by atoms with Gasteiger partial charge in [0, 0.05) is 11.1 Å². The van der Waals surface area contributed by atoms with E-state index in [2.05, 4.69) is 29.6 Å². The molecule has 2 aromatic rings. The molecule has 0 heterocycles. The van der Waals surface area contributed by atoms with Crippen molar-refractivity contribution in [3.63, 3.8) is 0 Å². The second-order valence-corrected chi connectivity index (χ2v) is 5.33. The molecule has 3 heteroatoms. The van der Waals surface area contributed by atoms with E-state index in [1.54, 1.807) is 7.11 Å². The van der Waals surface area contributed by atoms with Crippen LogP contribution in [0.4, 0.5) is 0 Å². The van der Waals surface area contributed by atoms with Gasteiger partial charge in [0.1, 0.15) is 5.75 Å². The van der Waals surface area contributed by atoms with Crippen LogP contribution in [0.3, 0.4) is 0 Å². The largest absolute Gasteiger partial charge is 0.497 e. The van der Waals surface area contributed by atoms with Crippen LogP contribution in [0.2, 0.25) is 5.02 Å². The quantitative estimate of drug-likeness (QED) is 0.892. The molecule has 0 aromatic heterocycles.